The van der Waals surface area contributed by atoms with Crippen molar-refractivity contribution in [2.75, 3.05) is 0 Å². The van der Waals surface area contributed by atoms with Gasteiger partial charge in [0.05, 0.1) is 0 Å². The first-order valence-corrected chi connectivity index (χ1v) is 8.30. The third kappa shape index (κ3) is 6.76. The van der Waals surface area contributed by atoms with Crippen LogP contribution in [-0.4, -0.2) is 21.4 Å². The van der Waals surface area contributed by atoms with Gasteiger partial charge in [-0.1, -0.05) is 0 Å². The predicted molar refractivity (Wildman–Crippen MR) is 37.1 cm³/mol. The Bertz CT molecular complexity index is 27.3. The van der Waals surface area contributed by atoms with Crippen LogP contribution in [-0.2, 0) is 0 Å². The van der Waals surface area contributed by atoms with Gasteiger partial charge in [0, 0.05) is 0 Å². The van der Waals surface area contributed by atoms with Gasteiger partial charge in [-0.05, 0) is 0 Å². The average Bonchev–Trinajstić information content (AvgIpc) is 1.69. The molecule has 0 rings (SSSR count). The van der Waals surface area contributed by atoms with Gasteiger partial charge in [0.15, 0.2) is 0 Å². The number of nitrogens with two attached hydrogens (primary N) is 1. The molecular weight excluding hydrogens is 193 g/mol. The first kappa shape index (κ1) is 7.76. The number of hydrogen-bond donors (Lipinski definition) is 1. The summed E-state index contributed by atoms with van der Waals surface area (Å²) in [5, 5.41) is 0. The second-order valence-corrected chi connectivity index (χ2v) is 5.52. The molecule has 0 radical (unpaired) electrons. The molecule has 2 N–H and O–H groups in total. The zero-order chi connectivity index (χ0) is 5.54. The normalized spacial score (nSPS) is 11.1. The Hall–Kier alpha value is 0.759. The predicted octanol–water partition coefficient (Wildman–Crippen LogP) is 0.637. The SMILES string of the molecule is CCCC[CH2][SnH2][NH2]. The van der Waals surface area contributed by atoms with Crippen molar-refractivity contribution in [3.63, 3.8) is 0 Å². The van der Waals surface area contributed by atoms with Gasteiger partial charge in [-0.15, -0.1) is 0 Å². The van der Waals surface area contributed by atoms with E-state index in [-0.39, 0.29) is 0 Å². The number of hydrogen-bond acceptors (Lipinski definition) is 1. The Morgan fingerprint density at radius 3 is 2.57 bits per heavy atom. The molecule has 0 aromatic rings. The van der Waals surface area contributed by atoms with Gasteiger partial charge in [-0.2, -0.15) is 0 Å². The summed E-state index contributed by atoms with van der Waals surface area (Å²) in [6, 6.07) is 0. The number of unbranched alkanes of at least 4 members (excludes halogenated alkanes) is 2. The van der Waals surface area contributed by atoms with Crippen LogP contribution in [0.3, 0.4) is 0 Å². The van der Waals surface area contributed by atoms with Crippen molar-refractivity contribution >= 4 is 21.4 Å². The summed E-state index contributed by atoms with van der Waals surface area (Å²) in [5.74, 6) is 0. The molecule has 0 saturated carbocycles. The van der Waals surface area contributed by atoms with Gasteiger partial charge in [0.2, 0.25) is 0 Å². The Labute approximate surface area is 56.2 Å². The minimum atomic E-state index is -0.602. The minimum absolute atomic E-state index is 0.602. The number of rotatable bonds is 4. The van der Waals surface area contributed by atoms with Gasteiger partial charge in [-0.25, -0.2) is 0 Å². The molecule has 0 bridgehead atoms. The molecule has 0 saturated heterocycles. The molecule has 7 heavy (non-hydrogen) atoms. The molecule has 0 unspecified atom stereocenters. The molecule has 1 nitrogen and oxygen atoms in total. The summed E-state index contributed by atoms with van der Waals surface area (Å²) in [5.41, 5.74) is 0. The van der Waals surface area contributed by atoms with E-state index >= 15 is 0 Å². The molecule has 2 heteroatoms. The van der Waals surface area contributed by atoms with Gasteiger partial charge < -0.3 is 0 Å². The van der Waals surface area contributed by atoms with Crippen LogP contribution in [0.2, 0.25) is 4.44 Å². The van der Waals surface area contributed by atoms with E-state index in [0.29, 0.717) is 0 Å². The van der Waals surface area contributed by atoms with E-state index in [1.807, 2.05) is 0 Å². The van der Waals surface area contributed by atoms with E-state index in [4.69, 9.17) is 3.96 Å². The standard InChI is InChI=1S/C5H11.H2N.Sn.2H/c1-3-5-4-2;;;;/h1,3-5H2,2H3;1H2;;;/q;-1;+1;;. The molecule has 0 spiro atoms. The van der Waals surface area contributed by atoms with Crippen molar-refractivity contribution in [3.8, 4) is 0 Å². The monoisotopic (exact) mass is 209 g/mol. The second kappa shape index (κ2) is 6.76. The quantitative estimate of drug-likeness (QED) is 0.532. The fourth-order valence-electron chi connectivity index (χ4n) is 0.571. The van der Waals surface area contributed by atoms with E-state index < -0.39 is 21.4 Å². The van der Waals surface area contributed by atoms with Gasteiger partial charge in [-0.3, -0.25) is 0 Å². The zero-order valence-corrected chi connectivity index (χ0v) is 9.15. The van der Waals surface area contributed by atoms with Crippen LogP contribution in [0.25, 0.3) is 0 Å². The van der Waals surface area contributed by atoms with Crippen LogP contribution in [0.1, 0.15) is 26.2 Å². The Morgan fingerprint density at radius 2 is 2.14 bits per heavy atom. The maximum atomic E-state index is 5.48. The van der Waals surface area contributed by atoms with Crippen molar-refractivity contribution in [1.29, 1.82) is 0 Å². The van der Waals surface area contributed by atoms with Crippen LogP contribution in [0.5, 0.6) is 0 Å². The first-order chi connectivity index (χ1) is 3.41. The van der Waals surface area contributed by atoms with E-state index in [1.165, 1.54) is 23.7 Å². The molecule has 44 valence electrons. The fraction of sp³-hybridized carbons (Fsp3) is 1.00. The zero-order valence-electron chi connectivity index (χ0n) is 5.11. The summed E-state index contributed by atoms with van der Waals surface area (Å²) < 4.78 is 6.89. The van der Waals surface area contributed by atoms with Crippen molar-refractivity contribution in [2.24, 2.45) is 3.96 Å². The van der Waals surface area contributed by atoms with Gasteiger partial charge in [0.1, 0.15) is 0 Å². The summed E-state index contributed by atoms with van der Waals surface area (Å²) in [7, 11) is 0. The van der Waals surface area contributed by atoms with Crippen LogP contribution < -0.4 is 3.96 Å². The van der Waals surface area contributed by atoms with Gasteiger partial charge in [0.25, 0.3) is 0 Å². The Kier molecular flexibility index (Phi) is 7.49. The summed E-state index contributed by atoms with van der Waals surface area (Å²) >= 11 is -0.602. The van der Waals surface area contributed by atoms with E-state index in [9.17, 15) is 0 Å². The van der Waals surface area contributed by atoms with E-state index in [1.54, 1.807) is 0 Å². The summed E-state index contributed by atoms with van der Waals surface area (Å²) in [6.07, 6.45) is 4.14. The topological polar surface area (TPSA) is 26.0 Å². The van der Waals surface area contributed by atoms with Gasteiger partial charge >= 0.3 is 56.0 Å². The van der Waals surface area contributed by atoms with Crippen LogP contribution >= 0.6 is 0 Å². The molecule has 0 amide bonds. The first-order valence-electron chi connectivity index (χ1n) is 3.12. The van der Waals surface area contributed by atoms with E-state index in [0.717, 1.165) is 0 Å². The van der Waals surface area contributed by atoms with Crippen LogP contribution in [0.15, 0.2) is 0 Å². The summed E-state index contributed by atoms with van der Waals surface area (Å²) in [6.45, 7) is 2.23. The average molecular weight is 208 g/mol. The van der Waals surface area contributed by atoms with Crippen molar-refractivity contribution in [2.45, 2.75) is 30.6 Å². The third-order valence-corrected chi connectivity index (χ3v) is 3.65. The molecule has 0 aromatic heterocycles. The van der Waals surface area contributed by atoms with Crippen molar-refractivity contribution in [3.05, 3.63) is 0 Å². The fourth-order valence-corrected chi connectivity index (χ4v) is 2.40. The molecular formula is C5H15NSn. The maximum absolute atomic E-state index is 5.48. The van der Waals surface area contributed by atoms with Crippen LogP contribution in [0.4, 0.5) is 0 Å². The molecule has 0 aromatic carbocycles. The van der Waals surface area contributed by atoms with Crippen molar-refractivity contribution < 1.29 is 0 Å². The summed E-state index contributed by atoms with van der Waals surface area (Å²) in [4.78, 5) is 0. The molecule has 0 aliphatic rings. The molecule has 0 fully saturated rings. The van der Waals surface area contributed by atoms with Crippen LogP contribution in [0, 0.1) is 0 Å². The Morgan fingerprint density at radius 1 is 1.43 bits per heavy atom. The van der Waals surface area contributed by atoms with E-state index in [2.05, 4.69) is 6.92 Å². The van der Waals surface area contributed by atoms with Crippen molar-refractivity contribution in [1.82, 2.24) is 0 Å². The Balaban J connectivity index is 2.45. The molecule has 0 heterocycles. The molecule has 0 aliphatic heterocycles. The molecule has 0 atom stereocenters. The third-order valence-electron chi connectivity index (χ3n) is 1.06. The molecule has 0 aliphatic carbocycles. The second-order valence-electron chi connectivity index (χ2n) is 1.85.